The van der Waals surface area contributed by atoms with Crippen LogP contribution in [0.4, 0.5) is 5.69 Å². The van der Waals surface area contributed by atoms with Gasteiger partial charge in [0.15, 0.2) is 11.4 Å². The number of likely N-dealkylation sites (N-methyl/N-ethyl adjacent to an activating group) is 1. The third-order valence-electron chi connectivity index (χ3n) is 4.34. The fourth-order valence-electron chi connectivity index (χ4n) is 3.01. The Hall–Kier alpha value is -2.50. The number of carbonyl (C=O) groups excluding carboxylic acids is 2. The van der Waals surface area contributed by atoms with E-state index >= 15 is 0 Å². The maximum atomic E-state index is 12.5. The van der Waals surface area contributed by atoms with Crippen molar-refractivity contribution in [1.82, 2.24) is 0 Å². The summed E-state index contributed by atoms with van der Waals surface area (Å²) in [5.74, 6) is -0.813. The molecule has 0 spiro atoms. The van der Waals surface area contributed by atoms with Crippen LogP contribution in [0.3, 0.4) is 0 Å². The minimum Gasteiger partial charge on any atom is -0.375 e. The topological polar surface area (TPSA) is 57.6 Å². The molecule has 1 aliphatic rings. The van der Waals surface area contributed by atoms with Crippen molar-refractivity contribution in [1.29, 1.82) is 0 Å². The van der Waals surface area contributed by atoms with Gasteiger partial charge in [0, 0.05) is 17.1 Å². The van der Waals surface area contributed by atoms with Crippen LogP contribution in [0.5, 0.6) is 0 Å². The maximum Gasteiger partial charge on any atom is 0.263 e. The van der Waals surface area contributed by atoms with Crippen molar-refractivity contribution in [2.24, 2.45) is 0 Å². The largest absolute Gasteiger partial charge is 0.375 e. The molecule has 5 heteroatoms. The Balaban J connectivity index is 1.75. The molecule has 0 fully saturated rings. The van der Waals surface area contributed by atoms with E-state index in [-0.39, 0.29) is 12.2 Å². The summed E-state index contributed by atoms with van der Waals surface area (Å²) in [5.41, 5.74) is 0.246. The fraction of sp³-hybridized carbons (Fsp3) is 0.143. The van der Waals surface area contributed by atoms with Gasteiger partial charge in [0.25, 0.3) is 5.91 Å². The second-order valence-electron chi connectivity index (χ2n) is 6.16. The smallest absolute Gasteiger partial charge is 0.263 e. The first-order chi connectivity index (χ1) is 12.4. The quantitative estimate of drug-likeness (QED) is 0.600. The molecule has 1 atom stereocenters. The van der Waals surface area contributed by atoms with Gasteiger partial charge in [-0.15, -0.1) is 0 Å². The van der Waals surface area contributed by atoms with E-state index in [1.165, 1.54) is 11.0 Å². The Bertz CT molecular complexity index is 905. The summed E-state index contributed by atoms with van der Waals surface area (Å²) in [6, 6.07) is 14.9. The first-order valence-corrected chi connectivity index (χ1v) is 8.94. The predicted molar refractivity (Wildman–Crippen MR) is 106 cm³/mol. The molecule has 1 N–H and O–H groups in total. The van der Waals surface area contributed by atoms with Crippen LogP contribution >= 0.6 is 15.9 Å². The second-order valence-corrected chi connectivity index (χ2v) is 7.07. The van der Waals surface area contributed by atoms with Crippen molar-refractivity contribution >= 4 is 39.4 Å². The molecular weight excluding hydrogens is 394 g/mol. The number of aliphatic hydroxyl groups is 1. The van der Waals surface area contributed by atoms with Crippen LogP contribution in [0.15, 0.2) is 71.2 Å². The molecule has 0 aromatic heterocycles. The number of amides is 1. The highest BCUT2D eigenvalue weighted by Crippen LogP contribution is 2.42. The molecule has 1 heterocycles. The molecule has 0 aliphatic carbocycles. The lowest BCUT2D eigenvalue weighted by molar-refractivity contribution is -0.140. The SMILES string of the molecule is CN1C(=O)[C@](O)(CC(=O)/C=C/C=C/c2ccccc2)c2cc(Br)ccc21. The third kappa shape index (κ3) is 3.54. The van der Waals surface area contributed by atoms with E-state index in [0.29, 0.717) is 11.3 Å². The van der Waals surface area contributed by atoms with Crippen LogP contribution in [0, 0.1) is 0 Å². The molecule has 4 nitrogen and oxygen atoms in total. The number of hydrogen-bond donors (Lipinski definition) is 1. The monoisotopic (exact) mass is 411 g/mol. The highest BCUT2D eigenvalue weighted by Gasteiger charge is 2.49. The number of rotatable bonds is 5. The Morgan fingerprint density at radius 3 is 2.65 bits per heavy atom. The van der Waals surface area contributed by atoms with Crippen LogP contribution in [-0.4, -0.2) is 23.8 Å². The van der Waals surface area contributed by atoms with E-state index in [0.717, 1.165) is 10.0 Å². The fourth-order valence-corrected chi connectivity index (χ4v) is 3.37. The van der Waals surface area contributed by atoms with Crippen LogP contribution in [0.2, 0.25) is 0 Å². The first kappa shape index (κ1) is 18.3. The van der Waals surface area contributed by atoms with E-state index in [9.17, 15) is 14.7 Å². The van der Waals surface area contributed by atoms with Gasteiger partial charge in [-0.25, -0.2) is 0 Å². The van der Waals surface area contributed by atoms with E-state index in [4.69, 9.17) is 0 Å². The molecule has 1 aliphatic heterocycles. The highest BCUT2D eigenvalue weighted by molar-refractivity contribution is 9.10. The lowest BCUT2D eigenvalue weighted by Crippen LogP contribution is -2.40. The number of anilines is 1. The maximum absolute atomic E-state index is 12.5. The molecule has 0 saturated heterocycles. The predicted octanol–water partition coefficient (Wildman–Crippen LogP) is 3.84. The Morgan fingerprint density at radius 2 is 1.92 bits per heavy atom. The molecule has 26 heavy (non-hydrogen) atoms. The van der Waals surface area contributed by atoms with Crippen molar-refractivity contribution in [3.8, 4) is 0 Å². The van der Waals surface area contributed by atoms with Crippen LogP contribution in [-0.2, 0) is 15.2 Å². The zero-order valence-electron chi connectivity index (χ0n) is 14.2. The van der Waals surface area contributed by atoms with E-state index in [2.05, 4.69) is 15.9 Å². The van der Waals surface area contributed by atoms with E-state index in [1.54, 1.807) is 37.4 Å². The molecule has 0 bridgehead atoms. The number of allylic oxidation sites excluding steroid dienone is 3. The van der Waals surface area contributed by atoms with Gasteiger partial charge in [-0.2, -0.15) is 0 Å². The van der Waals surface area contributed by atoms with Gasteiger partial charge in [-0.1, -0.05) is 64.5 Å². The lowest BCUT2D eigenvalue weighted by atomic mass is 9.90. The minimum absolute atomic E-state index is 0.296. The Kier molecular flexibility index (Phi) is 5.20. The Morgan fingerprint density at radius 1 is 1.19 bits per heavy atom. The molecular formula is C21H18BrNO3. The number of ketones is 1. The van der Waals surface area contributed by atoms with Crippen molar-refractivity contribution in [2.75, 3.05) is 11.9 Å². The average Bonchev–Trinajstić information content (AvgIpc) is 2.81. The van der Waals surface area contributed by atoms with E-state index in [1.807, 2.05) is 36.4 Å². The number of halogens is 1. The summed E-state index contributed by atoms with van der Waals surface area (Å²) in [7, 11) is 1.59. The van der Waals surface area contributed by atoms with Crippen LogP contribution in [0.25, 0.3) is 6.08 Å². The van der Waals surface area contributed by atoms with Crippen molar-refractivity contribution in [3.63, 3.8) is 0 Å². The highest BCUT2D eigenvalue weighted by atomic mass is 79.9. The molecule has 0 radical (unpaired) electrons. The number of benzene rings is 2. The summed E-state index contributed by atoms with van der Waals surface area (Å²) >= 11 is 3.35. The molecule has 3 rings (SSSR count). The van der Waals surface area contributed by atoms with Gasteiger partial charge in [0.1, 0.15) is 0 Å². The van der Waals surface area contributed by atoms with Gasteiger partial charge >= 0.3 is 0 Å². The van der Waals surface area contributed by atoms with Gasteiger partial charge in [0.05, 0.1) is 12.1 Å². The molecule has 2 aromatic carbocycles. The normalized spacial score (nSPS) is 19.5. The zero-order chi connectivity index (χ0) is 18.7. The first-order valence-electron chi connectivity index (χ1n) is 8.15. The van der Waals surface area contributed by atoms with Gasteiger partial charge in [-0.3, -0.25) is 9.59 Å². The molecule has 0 saturated carbocycles. The molecule has 1 amide bonds. The lowest BCUT2D eigenvalue weighted by Gasteiger charge is -2.20. The third-order valence-corrected chi connectivity index (χ3v) is 4.83. The van der Waals surface area contributed by atoms with Gasteiger partial charge in [0.2, 0.25) is 0 Å². The second kappa shape index (κ2) is 7.40. The Labute approximate surface area is 160 Å². The van der Waals surface area contributed by atoms with Crippen molar-refractivity contribution < 1.29 is 14.7 Å². The minimum atomic E-state index is -1.83. The summed E-state index contributed by atoms with van der Waals surface area (Å²) in [5, 5.41) is 10.9. The van der Waals surface area contributed by atoms with Crippen LogP contribution < -0.4 is 4.90 Å². The van der Waals surface area contributed by atoms with Crippen molar-refractivity contribution in [2.45, 2.75) is 12.0 Å². The summed E-state index contributed by atoms with van der Waals surface area (Å²) in [6.07, 6.45) is 6.32. The zero-order valence-corrected chi connectivity index (χ0v) is 15.8. The number of nitrogens with zero attached hydrogens (tertiary/aromatic N) is 1. The van der Waals surface area contributed by atoms with Gasteiger partial charge < -0.3 is 10.0 Å². The molecule has 132 valence electrons. The van der Waals surface area contributed by atoms with E-state index < -0.39 is 11.5 Å². The molecule has 0 unspecified atom stereocenters. The number of carbonyl (C=O) groups is 2. The van der Waals surface area contributed by atoms with Crippen LogP contribution in [0.1, 0.15) is 17.5 Å². The summed E-state index contributed by atoms with van der Waals surface area (Å²) in [6.45, 7) is 0. The summed E-state index contributed by atoms with van der Waals surface area (Å²) in [4.78, 5) is 26.2. The molecule has 2 aromatic rings. The number of hydrogen-bond acceptors (Lipinski definition) is 3. The number of fused-ring (bicyclic) bond motifs is 1. The standard InChI is InChI=1S/C21H18BrNO3/c1-23-19-12-11-16(22)13-18(19)21(26,20(23)25)14-17(24)10-6-5-9-15-7-3-2-4-8-15/h2-13,26H,14H2,1H3/b9-5+,10-6+/t21-/m0/s1. The van der Waals surface area contributed by atoms with Gasteiger partial charge in [-0.05, 0) is 29.8 Å². The summed E-state index contributed by atoms with van der Waals surface area (Å²) < 4.78 is 0.742. The van der Waals surface area contributed by atoms with Crippen molar-refractivity contribution in [3.05, 3.63) is 82.4 Å². The average molecular weight is 412 g/mol.